The maximum Gasteiger partial charge on any atom is 0.0722 e. The van der Waals surface area contributed by atoms with Crippen LogP contribution in [0.15, 0.2) is 242 Å². The van der Waals surface area contributed by atoms with Gasteiger partial charge in [0.15, 0.2) is 0 Å². The molecule has 0 radical (unpaired) electrons. The fourth-order valence-corrected chi connectivity index (χ4v) is 9.20. The van der Waals surface area contributed by atoms with E-state index in [-0.39, 0.29) is 6.04 Å². The van der Waals surface area contributed by atoms with Crippen LogP contribution in [-0.4, -0.2) is 4.98 Å². The number of hydrogen-bond acceptors (Lipinski definition) is 2. The van der Waals surface area contributed by atoms with Crippen LogP contribution in [0.25, 0.3) is 77.6 Å². The Morgan fingerprint density at radius 2 is 1.05 bits per heavy atom. The average Bonchev–Trinajstić information content (AvgIpc) is 3.37. The second kappa shape index (κ2) is 16.3. The summed E-state index contributed by atoms with van der Waals surface area (Å²) < 4.78 is 0. The molecule has 2 heterocycles. The Morgan fingerprint density at radius 3 is 1.71 bits per heavy atom. The van der Waals surface area contributed by atoms with Gasteiger partial charge in [0.25, 0.3) is 0 Å². The highest BCUT2D eigenvalue weighted by molar-refractivity contribution is 6.14. The SMILES string of the molecule is C1=C(C2=CC(c3ccccc3)NC(c3cc(-c4ccccc4)cc(-c4ccccc4)c3)=C2)C=C(c2ccc3c(ccc4nc(-c5ccccc5)cc(-c5ccccc5)c43)c2)CC1. The first-order valence-corrected chi connectivity index (χ1v) is 21.6. The highest BCUT2D eigenvalue weighted by Crippen LogP contribution is 2.40. The molecule has 9 aromatic rings. The Morgan fingerprint density at radius 1 is 0.452 bits per heavy atom. The van der Waals surface area contributed by atoms with Crippen LogP contribution in [0.1, 0.15) is 35.6 Å². The van der Waals surface area contributed by atoms with Crippen molar-refractivity contribution in [3.63, 3.8) is 0 Å². The summed E-state index contributed by atoms with van der Waals surface area (Å²) in [6.45, 7) is 0. The number of hydrogen-bond donors (Lipinski definition) is 1. The zero-order chi connectivity index (χ0) is 41.2. The van der Waals surface area contributed by atoms with E-state index in [0.717, 1.165) is 35.3 Å². The molecule has 1 aromatic heterocycles. The molecule has 294 valence electrons. The van der Waals surface area contributed by atoms with Crippen LogP contribution in [0, 0.1) is 0 Å². The molecular formula is C60H44N2. The quantitative estimate of drug-likeness (QED) is 0.155. The number of pyridine rings is 1. The number of aromatic nitrogens is 1. The molecule has 1 N–H and O–H groups in total. The van der Waals surface area contributed by atoms with Gasteiger partial charge in [-0.15, -0.1) is 0 Å². The van der Waals surface area contributed by atoms with Gasteiger partial charge in [0.2, 0.25) is 0 Å². The molecule has 1 atom stereocenters. The Hall–Kier alpha value is -7.81. The molecule has 2 heteroatoms. The third-order valence-corrected chi connectivity index (χ3v) is 12.3. The number of allylic oxidation sites excluding steroid dienone is 6. The van der Waals surface area contributed by atoms with Gasteiger partial charge in [-0.2, -0.15) is 0 Å². The van der Waals surface area contributed by atoms with E-state index in [4.69, 9.17) is 4.98 Å². The van der Waals surface area contributed by atoms with E-state index in [1.807, 2.05) is 0 Å². The molecule has 8 aromatic carbocycles. The van der Waals surface area contributed by atoms with Crippen molar-refractivity contribution in [3.05, 3.63) is 258 Å². The molecule has 1 aliphatic carbocycles. The topological polar surface area (TPSA) is 24.9 Å². The summed E-state index contributed by atoms with van der Waals surface area (Å²) in [5.41, 5.74) is 18.9. The van der Waals surface area contributed by atoms with Crippen molar-refractivity contribution < 1.29 is 0 Å². The Balaban J connectivity index is 0.998. The first-order chi connectivity index (χ1) is 30.7. The fraction of sp³-hybridized carbons (Fsp3) is 0.0500. The molecule has 0 bridgehead atoms. The zero-order valence-corrected chi connectivity index (χ0v) is 34.4. The van der Waals surface area contributed by atoms with E-state index in [9.17, 15) is 0 Å². The van der Waals surface area contributed by atoms with Gasteiger partial charge in [-0.3, -0.25) is 0 Å². The molecule has 2 aliphatic rings. The average molecular weight is 793 g/mol. The van der Waals surface area contributed by atoms with Gasteiger partial charge in [0.05, 0.1) is 17.3 Å². The number of benzene rings is 8. The molecule has 0 fully saturated rings. The maximum absolute atomic E-state index is 5.22. The summed E-state index contributed by atoms with van der Waals surface area (Å²) in [5, 5.41) is 7.58. The van der Waals surface area contributed by atoms with Gasteiger partial charge < -0.3 is 5.32 Å². The number of nitrogens with zero attached hydrogens (tertiary/aromatic N) is 1. The van der Waals surface area contributed by atoms with E-state index in [1.165, 1.54) is 82.9 Å². The zero-order valence-electron chi connectivity index (χ0n) is 34.4. The van der Waals surface area contributed by atoms with Crippen LogP contribution >= 0.6 is 0 Å². The van der Waals surface area contributed by atoms with Gasteiger partial charge in [-0.05, 0) is 139 Å². The summed E-state index contributed by atoms with van der Waals surface area (Å²) >= 11 is 0. The minimum atomic E-state index is 0.00945. The second-order valence-electron chi connectivity index (χ2n) is 16.3. The lowest BCUT2D eigenvalue weighted by Crippen LogP contribution is -2.22. The highest BCUT2D eigenvalue weighted by atomic mass is 14.9. The van der Waals surface area contributed by atoms with Gasteiger partial charge in [-0.25, -0.2) is 4.98 Å². The van der Waals surface area contributed by atoms with Crippen LogP contribution in [0.5, 0.6) is 0 Å². The molecule has 1 aliphatic heterocycles. The largest absolute Gasteiger partial charge is 0.374 e. The summed E-state index contributed by atoms with van der Waals surface area (Å²) in [5.74, 6) is 0. The van der Waals surface area contributed by atoms with Crippen molar-refractivity contribution in [2.45, 2.75) is 18.9 Å². The molecule has 0 saturated heterocycles. The molecule has 62 heavy (non-hydrogen) atoms. The van der Waals surface area contributed by atoms with Gasteiger partial charge in [0.1, 0.15) is 0 Å². The van der Waals surface area contributed by atoms with Crippen molar-refractivity contribution in [2.24, 2.45) is 0 Å². The first-order valence-electron chi connectivity index (χ1n) is 21.6. The fourth-order valence-electron chi connectivity index (χ4n) is 9.20. The summed E-state index contributed by atoms with van der Waals surface area (Å²) in [4.78, 5) is 5.22. The molecule has 0 amide bonds. The molecule has 0 saturated carbocycles. The van der Waals surface area contributed by atoms with Gasteiger partial charge in [-0.1, -0.05) is 182 Å². The van der Waals surface area contributed by atoms with Crippen molar-refractivity contribution in [1.29, 1.82) is 0 Å². The van der Waals surface area contributed by atoms with Crippen LogP contribution < -0.4 is 5.32 Å². The van der Waals surface area contributed by atoms with E-state index in [2.05, 4.69) is 236 Å². The smallest absolute Gasteiger partial charge is 0.0722 e. The maximum atomic E-state index is 5.22. The minimum Gasteiger partial charge on any atom is -0.374 e. The Kier molecular flexibility index (Phi) is 9.80. The van der Waals surface area contributed by atoms with Crippen molar-refractivity contribution in [1.82, 2.24) is 10.3 Å². The normalized spacial score (nSPS) is 15.0. The number of rotatable bonds is 8. The molecule has 2 nitrogen and oxygen atoms in total. The Bertz CT molecular complexity index is 3160. The summed E-state index contributed by atoms with van der Waals surface area (Å²) in [7, 11) is 0. The van der Waals surface area contributed by atoms with Crippen molar-refractivity contribution in [3.8, 4) is 44.6 Å². The Labute approximate surface area is 363 Å². The van der Waals surface area contributed by atoms with Gasteiger partial charge >= 0.3 is 0 Å². The summed E-state index contributed by atoms with van der Waals surface area (Å²) in [6, 6.07) is 74.2. The number of fused-ring (bicyclic) bond motifs is 3. The van der Waals surface area contributed by atoms with Crippen molar-refractivity contribution >= 4 is 32.9 Å². The van der Waals surface area contributed by atoms with Gasteiger partial charge in [0, 0.05) is 16.6 Å². The third kappa shape index (κ3) is 7.37. The van der Waals surface area contributed by atoms with Crippen LogP contribution in [0.4, 0.5) is 0 Å². The first kappa shape index (κ1) is 37.2. The lowest BCUT2D eigenvalue weighted by molar-refractivity contribution is 0.758. The van der Waals surface area contributed by atoms with E-state index in [0.29, 0.717) is 0 Å². The van der Waals surface area contributed by atoms with Crippen molar-refractivity contribution in [2.75, 3.05) is 0 Å². The monoisotopic (exact) mass is 792 g/mol. The molecule has 11 rings (SSSR count). The van der Waals surface area contributed by atoms with E-state index >= 15 is 0 Å². The predicted octanol–water partition coefficient (Wildman–Crippen LogP) is 15.5. The van der Waals surface area contributed by atoms with Crippen LogP contribution in [0.3, 0.4) is 0 Å². The molecule has 1 unspecified atom stereocenters. The third-order valence-electron chi connectivity index (χ3n) is 12.3. The molecule has 0 spiro atoms. The second-order valence-corrected chi connectivity index (χ2v) is 16.3. The van der Waals surface area contributed by atoms with Crippen LogP contribution in [0.2, 0.25) is 0 Å². The van der Waals surface area contributed by atoms with E-state index < -0.39 is 0 Å². The standard InChI is InChI=1S/C60H44N2/c1-6-17-41(18-7-1)50-35-51(42-19-8-2-9-20-42)37-53(36-50)58-39-52(38-57(62-58)44-23-12-4-13-24-44)47-28-16-27-46(33-47)48-29-31-54-49(34-48)30-32-56-60(54)55(43-21-10-3-11-22-43)40-59(61-56)45-25-14-5-15-26-45/h1-15,17-26,28-40,57,62H,16,27H2. The predicted molar refractivity (Wildman–Crippen MR) is 261 cm³/mol. The van der Waals surface area contributed by atoms with E-state index in [1.54, 1.807) is 0 Å². The minimum absolute atomic E-state index is 0.00945. The lowest BCUT2D eigenvalue weighted by atomic mass is 9.86. The highest BCUT2D eigenvalue weighted by Gasteiger charge is 2.22. The number of dihydropyridines is 1. The number of nitrogens with one attached hydrogen (secondary N) is 1. The van der Waals surface area contributed by atoms with Crippen LogP contribution in [-0.2, 0) is 0 Å². The summed E-state index contributed by atoms with van der Waals surface area (Å²) in [6.07, 6.45) is 11.6. The lowest BCUT2D eigenvalue weighted by Gasteiger charge is -2.27. The molecular weight excluding hydrogens is 749 g/mol.